The van der Waals surface area contributed by atoms with Crippen molar-refractivity contribution >= 4 is 109 Å². The van der Waals surface area contributed by atoms with Gasteiger partial charge in [-0.2, -0.15) is 0 Å². The van der Waals surface area contributed by atoms with Gasteiger partial charge in [0.1, 0.15) is 11.2 Å². The Morgan fingerprint density at radius 3 is 1.00 bits per heavy atom. The first-order chi connectivity index (χ1) is 53.6. The van der Waals surface area contributed by atoms with E-state index in [1.54, 1.807) is 0 Å². The molecule has 0 aliphatic rings. The van der Waals surface area contributed by atoms with Crippen molar-refractivity contribution in [1.29, 1.82) is 0 Å². The number of thiophene rings is 1. The Hall–Kier alpha value is -13.9. The summed E-state index contributed by atoms with van der Waals surface area (Å²) in [7, 11) is 0. The molecule has 0 aliphatic carbocycles. The van der Waals surface area contributed by atoms with Crippen LogP contribution in [0.5, 0.6) is 0 Å². The highest BCUT2D eigenvalue weighted by molar-refractivity contribution is 7.27. The summed E-state index contributed by atoms with van der Waals surface area (Å²) in [6.45, 7) is 0. The first kappa shape index (κ1) is 64.9. The third-order valence-electron chi connectivity index (χ3n) is 21.0. The van der Waals surface area contributed by atoms with Crippen LogP contribution in [0.3, 0.4) is 0 Å². The van der Waals surface area contributed by atoms with E-state index in [1.165, 1.54) is 131 Å². The summed E-state index contributed by atoms with van der Waals surface area (Å²) in [5, 5.41) is 9.77. The average Bonchev–Trinajstić information content (AvgIpc) is 1.51. The molecule has 0 amide bonds. The Morgan fingerprint density at radius 1 is 0.185 bits per heavy atom. The second-order valence-corrected chi connectivity index (χ2v) is 28.4. The maximum atomic E-state index is 6.59. The zero-order valence-corrected chi connectivity index (χ0v) is 59.9. The van der Waals surface area contributed by atoms with Gasteiger partial charge in [0, 0.05) is 60.7 Å². The molecule has 2 heterocycles. The predicted octanol–water partition coefficient (Wildman–Crippen LogP) is 30.2. The number of hydrogen-bond donors (Lipinski definition) is 0. The monoisotopic (exact) mass is 1390 g/mol. The number of benzene rings is 18. The molecule has 20 rings (SSSR count). The second-order valence-electron chi connectivity index (χ2n) is 27.4. The third-order valence-corrected chi connectivity index (χ3v) is 22.2. The van der Waals surface area contributed by atoms with Crippen LogP contribution in [0, 0.1) is 0 Å². The van der Waals surface area contributed by atoms with Crippen molar-refractivity contribution in [3.05, 3.63) is 425 Å². The van der Waals surface area contributed by atoms with Crippen LogP contribution in [0.25, 0.3) is 153 Å². The SMILES string of the molecule is c1ccc(-c2ccc(N(c3ccc(-c4ccc5ccccc5c4-c4ccccc4)cc3)c3ccc4c(c3)oc3cc(-c5ccccc5)ccc34)cc2)cc1.c1ccc(-c2ccc(N(c3ccc(-c4ccc5ccccc5c4-c4ccccc4)cc3)c3cccc4c3sc3c(-c5ccccc5)cccc34)cc2)cc1. The van der Waals surface area contributed by atoms with Crippen LogP contribution in [-0.2, 0) is 0 Å². The topological polar surface area (TPSA) is 19.6 Å². The highest BCUT2D eigenvalue weighted by atomic mass is 32.1. The van der Waals surface area contributed by atoms with Crippen LogP contribution in [0.1, 0.15) is 0 Å². The van der Waals surface area contributed by atoms with E-state index in [2.05, 4.69) is 428 Å². The predicted molar refractivity (Wildman–Crippen MR) is 461 cm³/mol. The fourth-order valence-corrected chi connectivity index (χ4v) is 17.1. The molecule has 0 saturated heterocycles. The fraction of sp³-hybridized carbons (Fsp3) is 0. The Morgan fingerprint density at radius 2 is 0.519 bits per heavy atom. The Bertz CT molecular complexity index is 6600. The molecule has 0 atom stereocenters. The molecule has 108 heavy (non-hydrogen) atoms. The van der Waals surface area contributed by atoms with Crippen molar-refractivity contribution in [1.82, 2.24) is 0 Å². The minimum absolute atomic E-state index is 0.860. The summed E-state index contributed by atoms with van der Waals surface area (Å²) in [6, 6.07) is 153. The molecular weight excluding hydrogens is 1330 g/mol. The number of hydrogen-bond acceptors (Lipinski definition) is 4. The molecule has 0 spiro atoms. The van der Waals surface area contributed by atoms with Crippen LogP contribution < -0.4 is 9.80 Å². The van der Waals surface area contributed by atoms with Gasteiger partial charge in [-0.1, -0.05) is 340 Å². The van der Waals surface area contributed by atoms with Crippen LogP contribution in [0.2, 0.25) is 0 Å². The number of fused-ring (bicyclic) bond motifs is 8. The van der Waals surface area contributed by atoms with E-state index in [0.29, 0.717) is 0 Å². The lowest BCUT2D eigenvalue weighted by Gasteiger charge is -2.26. The summed E-state index contributed by atoms with van der Waals surface area (Å²) >= 11 is 1.89. The molecule has 0 unspecified atom stereocenters. The van der Waals surface area contributed by atoms with E-state index in [4.69, 9.17) is 4.42 Å². The normalized spacial score (nSPS) is 11.3. The second kappa shape index (κ2) is 28.6. The van der Waals surface area contributed by atoms with Gasteiger partial charge < -0.3 is 14.2 Å². The van der Waals surface area contributed by atoms with E-state index in [-0.39, 0.29) is 0 Å². The zero-order chi connectivity index (χ0) is 71.7. The molecule has 0 N–H and O–H groups in total. The summed E-state index contributed by atoms with van der Waals surface area (Å²) < 4.78 is 9.18. The van der Waals surface area contributed by atoms with E-state index in [0.717, 1.165) is 55.9 Å². The van der Waals surface area contributed by atoms with Crippen molar-refractivity contribution in [3.8, 4) is 89.0 Å². The Kier molecular flexibility index (Phi) is 17.2. The van der Waals surface area contributed by atoms with Gasteiger partial charge in [0.05, 0.1) is 10.4 Å². The van der Waals surface area contributed by atoms with Gasteiger partial charge in [-0.3, -0.25) is 0 Å². The minimum Gasteiger partial charge on any atom is -0.456 e. The molecule has 0 radical (unpaired) electrons. The lowest BCUT2D eigenvalue weighted by molar-refractivity contribution is 0.669. The molecular formula is C104H70N2OS. The highest BCUT2D eigenvalue weighted by Crippen LogP contribution is 2.49. The molecule has 4 heteroatoms. The largest absolute Gasteiger partial charge is 0.456 e. The fourth-order valence-electron chi connectivity index (χ4n) is 15.7. The van der Waals surface area contributed by atoms with Gasteiger partial charge in [-0.25, -0.2) is 0 Å². The smallest absolute Gasteiger partial charge is 0.137 e. The van der Waals surface area contributed by atoms with Crippen LogP contribution >= 0.6 is 11.3 Å². The lowest BCUT2D eigenvalue weighted by atomic mass is 9.90. The van der Waals surface area contributed by atoms with Gasteiger partial charge in [0.2, 0.25) is 0 Å². The summed E-state index contributed by atoms with van der Waals surface area (Å²) in [6.07, 6.45) is 0. The number of rotatable bonds is 14. The summed E-state index contributed by atoms with van der Waals surface area (Å²) in [4.78, 5) is 4.75. The standard InChI is InChI=1S/C52H35NO.C52H35NS/c1-4-12-36(13-5-1)38-20-26-43(27-21-38)53(45-30-33-49-48-32-25-42(37-14-6-2-7-15-37)34-50(48)54-51(49)35-45)44-28-22-40(23-29-44)47-31-24-39-16-10-11-19-46(39)52(47)41-17-8-3-9-18-41;1-4-14-36(15-5-1)37-26-31-42(32-27-37)53(49-25-13-24-48-47-23-12-22-46(51(47)54-52(48)49)38-16-6-2-7-17-38)43-33-28-40(29-34-43)45-35-30-39-18-10-11-21-44(39)50(45)41-19-8-3-9-20-41/h2*1-35H. The number of nitrogens with zero attached hydrogens (tertiary/aromatic N) is 2. The minimum atomic E-state index is 0.860. The molecule has 0 aliphatic heterocycles. The lowest BCUT2D eigenvalue weighted by Crippen LogP contribution is -2.10. The maximum absolute atomic E-state index is 6.59. The van der Waals surface area contributed by atoms with Gasteiger partial charge >= 0.3 is 0 Å². The summed E-state index contributed by atoms with van der Waals surface area (Å²) in [5.41, 5.74) is 27.7. The van der Waals surface area contributed by atoms with Gasteiger partial charge in [0.25, 0.3) is 0 Å². The van der Waals surface area contributed by atoms with Gasteiger partial charge in [-0.15, -0.1) is 11.3 Å². The van der Waals surface area contributed by atoms with E-state index >= 15 is 0 Å². The van der Waals surface area contributed by atoms with Crippen molar-refractivity contribution in [2.24, 2.45) is 0 Å². The van der Waals surface area contributed by atoms with Crippen molar-refractivity contribution in [3.63, 3.8) is 0 Å². The number of anilines is 6. The van der Waals surface area contributed by atoms with Crippen LogP contribution in [0.4, 0.5) is 34.1 Å². The maximum Gasteiger partial charge on any atom is 0.137 e. The first-order valence-electron chi connectivity index (χ1n) is 36.8. The van der Waals surface area contributed by atoms with Crippen LogP contribution in [-0.4, -0.2) is 0 Å². The molecule has 2 aromatic heterocycles. The molecule has 18 aromatic carbocycles. The highest BCUT2D eigenvalue weighted by Gasteiger charge is 2.23. The van der Waals surface area contributed by atoms with E-state index < -0.39 is 0 Å². The molecule has 508 valence electrons. The third kappa shape index (κ3) is 12.4. The van der Waals surface area contributed by atoms with Crippen molar-refractivity contribution < 1.29 is 4.42 Å². The van der Waals surface area contributed by atoms with E-state index in [9.17, 15) is 0 Å². The van der Waals surface area contributed by atoms with E-state index in [1.807, 2.05) is 17.4 Å². The molecule has 0 saturated carbocycles. The molecule has 3 nitrogen and oxygen atoms in total. The summed E-state index contributed by atoms with van der Waals surface area (Å²) in [5.74, 6) is 0. The quantitative estimate of drug-likeness (QED) is 0.108. The molecule has 20 aromatic rings. The average molecular weight is 1400 g/mol. The van der Waals surface area contributed by atoms with Gasteiger partial charge in [0.15, 0.2) is 0 Å². The van der Waals surface area contributed by atoms with Crippen molar-refractivity contribution in [2.45, 2.75) is 0 Å². The van der Waals surface area contributed by atoms with Crippen LogP contribution in [0.15, 0.2) is 429 Å². The Balaban J connectivity index is 0.000000147. The first-order valence-corrected chi connectivity index (χ1v) is 37.7. The molecule has 0 bridgehead atoms. The van der Waals surface area contributed by atoms with Gasteiger partial charge in [-0.05, 0) is 189 Å². The number of furan rings is 1. The molecule has 0 fully saturated rings. The van der Waals surface area contributed by atoms with Crippen molar-refractivity contribution in [2.75, 3.05) is 9.80 Å². The zero-order valence-electron chi connectivity index (χ0n) is 59.1. The Labute approximate surface area is 632 Å².